The maximum atomic E-state index is 12.8. The highest BCUT2D eigenvalue weighted by Gasteiger charge is 2.62. The Kier molecular flexibility index (Phi) is 8.03. The summed E-state index contributed by atoms with van der Waals surface area (Å²) in [4.78, 5) is 29.4. The molecule has 0 saturated carbocycles. The molecule has 0 spiro atoms. The van der Waals surface area contributed by atoms with Gasteiger partial charge in [0.1, 0.15) is 30.7 Å². The van der Waals surface area contributed by atoms with Gasteiger partial charge in [-0.15, -0.1) is 0 Å². The maximum absolute atomic E-state index is 12.8. The Bertz CT molecular complexity index is 1400. The van der Waals surface area contributed by atoms with Crippen molar-refractivity contribution in [3.8, 4) is 0 Å². The predicted molar refractivity (Wildman–Crippen MR) is 149 cm³/mol. The molecule has 13 heteroatoms. The van der Waals surface area contributed by atoms with Crippen LogP contribution < -0.4 is 5.32 Å². The van der Waals surface area contributed by atoms with Crippen LogP contribution in [-0.4, -0.2) is 79.7 Å². The summed E-state index contributed by atoms with van der Waals surface area (Å²) in [6, 6.07) is 9.09. The number of benzene rings is 1. The number of hydrogen-bond donors (Lipinski definition) is 1. The van der Waals surface area contributed by atoms with Gasteiger partial charge in [-0.2, -0.15) is 0 Å². The second-order valence-electron chi connectivity index (χ2n) is 10.3. The summed E-state index contributed by atoms with van der Waals surface area (Å²) in [5.74, 6) is -0.0383. The minimum Gasteiger partial charge on any atom is -0.368 e. The fourth-order valence-electron chi connectivity index (χ4n) is 5.00. The standard InChI is InChI=1S/C27H34N7O5P/c1-17(2)34(18(3)4)40(37-13-12-28-6)39-22-21-26(38-27(22,5)14-36-21)33-16-31-20-23(29-15-30-24(20)33)32-25(35)19-10-8-7-9-11-19/h7-11,15-18,21-22,26H,12-14H2,1-5H3,(H,29,30,32,35)/t21?,22?,26-,27+,40?/m1/s1/i5D. The average Bonchev–Trinajstić information content (AvgIpc) is 3.63. The smallest absolute Gasteiger partial charge is 0.259 e. The Balaban J connectivity index is 1.42. The zero-order valence-electron chi connectivity index (χ0n) is 23.9. The van der Waals surface area contributed by atoms with Crippen molar-refractivity contribution in [2.45, 2.75) is 70.7 Å². The predicted octanol–water partition coefficient (Wildman–Crippen LogP) is 4.43. The first-order chi connectivity index (χ1) is 19.8. The van der Waals surface area contributed by atoms with E-state index in [9.17, 15) is 4.79 Å². The van der Waals surface area contributed by atoms with Gasteiger partial charge >= 0.3 is 0 Å². The molecule has 3 aromatic rings. The van der Waals surface area contributed by atoms with E-state index in [0.717, 1.165) is 0 Å². The highest BCUT2D eigenvalue weighted by Crippen LogP contribution is 2.55. The molecule has 2 aliphatic rings. The monoisotopic (exact) mass is 568 g/mol. The van der Waals surface area contributed by atoms with Crippen molar-refractivity contribution in [3.05, 3.63) is 60.0 Å². The topological polar surface area (TPSA) is 117 Å². The zero-order chi connectivity index (χ0) is 29.1. The van der Waals surface area contributed by atoms with Crippen molar-refractivity contribution in [1.29, 1.82) is 0 Å². The average molecular weight is 569 g/mol. The van der Waals surface area contributed by atoms with Crippen LogP contribution in [0.15, 0.2) is 43.0 Å². The normalized spacial score (nSPS) is 25.1. The van der Waals surface area contributed by atoms with E-state index < -0.39 is 32.6 Å². The minimum atomic E-state index is -1.58. The zero-order valence-corrected chi connectivity index (χ0v) is 23.8. The molecule has 2 bridgehead atoms. The van der Waals surface area contributed by atoms with Crippen LogP contribution in [-0.2, 0) is 18.5 Å². The minimum absolute atomic E-state index is 0.0841. The van der Waals surface area contributed by atoms with E-state index in [-0.39, 0.29) is 50.5 Å². The lowest BCUT2D eigenvalue weighted by atomic mass is 10.0. The molecule has 212 valence electrons. The molecule has 4 heterocycles. The number of carbonyl (C=O) groups excluding carboxylic acids is 1. The fourth-order valence-corrected chi connectivity index (χ4v) is 6.80. The number of nitrogens with zero attached hydrogens (tertiary/aromatic N) is 6. The SMILES string of the molecule is [2H]C[C@]12COC(C1OP(OCC[N+]#[C-])N(C(C)C)C(C)C)[C@H](n1cnc3c(NC(=O)c4ccccc4)ncnc31)O2. The fraction of sp³-hybridized carbons (Fsp3) is 0.519. The molecule has 5 rings (SSSR count). The lowest BCUT2D eigenvalue weighted by Gasteiger charge is -2.37. The lowest BCUT2D eigenvalue weighted by molar-refractivity contribution is -0.164. The molecule has 2 saturated heterocycles. The molecule has 3 unspecified atom stereocenters. The van der Waals surface area contributed by atoms with Crippen molar-refractivity contribution in [2.75, 3.05) is 25.1 Å². The van der Waals surface area contributed by atoms with Gasteiger partial charge in [0.05, 0.1) is 12.9 Å². The van der Waals surface area contributed by atoms with Crippen molar-refractivity contribution in [1.82, 2.24) is 24.2 Å². The number of imidazole rings is 1. The molecule has 2 aliphatic heterocycles. The molecule has 1 amide bonds. The highest BCUT2D eigenvalue weighted by atomic mass is 31.2. The second kappa shape index (κ2) is 11.8. The third-order valence-corrected chi connectivity index (χ3v) is 8.84. The van der Waals surface area contributed by atoms with Crippen LogP contribution in [0.5, 0.6) is 0 Å². The first-order valence-corrected chi connectivity index (χ1v) is 14.3. The van der Waals surface area contributed by atoms with Gasteiger partial charge in [0.2, 0.25) is 6.54 Å². The molecule has 12 nitrogen and oxygen atoms in total. The van der Waals surface area contributed by atoms with Crippen LogP contribution in [0.2, 0.25) is 0 Å². The first kappa shape index (κ1) is 27.1. The second-order valence-corrected chi connectivity index (χ2v) is 11.7. The molecule has 1 aromatic carbocycles. The third kappa shape index (κ3) is 5.46. The Labute approximate surface area is 236 Å². The maximum Gasteiger partial charge on any atom is 0.259 e. The number of aromatic nitrogens is 4. The largest absolute Gasteiger partial charge is 0.368 e. The summed E-state index contributed by atoms with van der Waals surface area (Å²) in [6.07, 6.45) is 1.09. The molecule has 2 aromatic heterocycles. The molecule has 2 fully saturated rings. The van der Waals surface area contributed by atoms with Gasteiger partial charge in [0.15, 0.2) is 23.2 Å². The van der Waals surface area contributed by atoms with Gasteiger partial charge in [0, 0.05) is 19.0 Å². The van der Waals surface area contributed by atoms with Crippen LogP contribution in [0, 0.1) is 6.57 Å². The Morgan fingerprint density at radius 2 is 2.08 bits per heavy atom. The van der Waals surface area contributed by atoms with Gasteiger partial charge in [-0.05, 0) is 46.7 Å². The van der Waals surface area contributed by atoms with Crippen LogP contribution in [0.1, 0.15) is 52.6 Å². The number of fused-ring (bicyclic) bond motifs is 3. The first-order valence-electron chi connectivity index (χ1n) is 13.8. The van der Waals surface area contributed by atoms with E-state index >= 15 is 0 Å². The van der Waals surface area contributed by atoms with Gasteiger partial charge in [0.25, 0.3) is 14.4 Å². The molecule has 0 aliphatic carbocycles. The number of amides is 1. The van der Waals surface area contributed by atoms with E-state index in [2.05, 4.69) is 57.5 Å². The van der Waals surface area contributed by atoms with E-state index in [4.69, 9.17) is 26.5 Å². The molecule has 1 N–H and O–H groups in total. The number of carbonyl (C=O) groups is 1. The van der Waals surface area contributed by atoms with E-state index in [1.54, 1.807) is 35.2 Å². The lowest BCUT2D eigenvalue weighted by Crippen LogP contribution is -2.40. The molecular weight excluding hydrogens is 533 g/mol. The van der Waals surface area contributed by atoms with Crippen LogP contribution in [0.4, 0.5) is 5.82 Å². The van der Waals surface area contributed by atoms with Crippen molar-refractivity contribution in [3.63, 3.8) is 0 Å². The Morgan fingerprint density at radius 3 is 2.77 bits per heavy atom. The summed E-state index contributed by atoms with van der Waals surface area (Å²) in [5, 5.41) is 2.82. The van der Waals surface area contributed by atoms with Crippen LogP contribution in [0.3, 0.4) is 0 Å². The third-order valence-electron chi connectivity index (χ3n) is 6.73. The number of anilines is 1. The van der Waals surface area contributed by atoms with E-state index in [1.807, 2.05) is 6.07 Å². The van der Waals surface area contributed by atoms with Gasteiger partial charge in [-0.3, -0.25) is 9.36 Å². The molecular formula is C27H34N7O5P. The summed E-state index contributed by atoms with van der Waals surface area (Å²) in [5.41, 5.74) is 0.320. The van der Waals surface area contributed by atoms with Gasteiger partial charge < -0.3 is 28.7 Å². The van der Waals surface area contributed by atoms with Crippen molar-refractivity contribution < 1.29 is 24.7 Å². The summed E-state index contributed by atoms with van der Waals surface area (Å²) in [7, 11) is -1.58. The Morgan fingerprint density at radius 1 is 1.30 bits per heavy atom. The number of hydrogen-bond acceptors (Lipinski definition) is 9. The molecule has 0 radical (unpaired) electrons. The van der Waals surface area contributed by atoms with E-state index in [0.29, 0.717) is 16.7 Å². The summed E-state index contributed by atoms with van der Waals surface area (Å²) in [6.45, 7) is 16.0. The van der Waals surface area contributed by atoms with Crippen molar-refractivity contribution >= 4 is 31.4 Å². The summed E-state index contributed by atoms with van der Waals surface area (Å²) >= 11 is 0. The van der Waals surface area contributed by atoms with Crippen molar-refractivity contribution in [2.24, 2.45) is 0 Å². The number of ether oxygens (including phenoxy) is 2. The molecule has 5 atom stereocenters. The quantitative estimate of drug-likeness (QED) is 0.204. The van der Waals surface area contributed by atoms with Gasteiger partial charge in [-0.1, -0.05) is 18.2 Å². The number of nitrogens with one attached hydrogen (secondary N) is 1. The highest BCUT2D eigenvalue weighted by molar-refractivity contribution is 7.44. The van der Waals surface area contributed by atoms with Crippen LogP contribution in [0.25, 0.3) is 16.0 Å². The Hall–Kier alpha value is -3.04. The number of rotatable bonds is 11. The van der Waals surface area contributed by atoms with Crippen LogP contribution >= 0.6 is 8.53 Å². The molecule has 40 heavy (non-hydrogen) atoms. The summed E-state index contributed by atoms with van der Waals surface area (Å²) < 4.78 is 37.8. The van der Waals surface area contributed by atoms with Gasteiger partial charge in [-0.25, -0.2) is 26.2 Å². The van der Waals surface area contributed by atoms with E-state index in [1.165, 1.54) is 6.33 Å².